The first-order valence-corrected chi connectivity index (χ1v) is 10.3. The van der Waals surface area contributed by atoms with Crippen molar-refractivity contribution in [2.24, 2.45) is 0 Å². The summed E-state index contributed by atoms with van der Waals surface area (Å²) in [5.41, 5.74) is 1.35. The summed E-state index contributed by atoms with van der Waals surface area (Å²) in [7, 11) is -3.68. The maximum absolute atomic E-state index is 13.1. The summed E-state index contributed by atoms with van der Waals surface area (Å²) in [5.74, 6) is 1.51. The lowest BCUT2D eigenvalue weighted by molar-refractivity contribution is 0.316. The topological polar surface area (TPSA) is 58.6 Å². The largest absolute Gasteiger partial charge is 0.489 e. The van der Waals surface area contributed by atoms with E-state index in [1.807, 2.05) is 6.07 Å². The third-order valence-corrected chi connectivity index (χ3v) is 7.08. The molecule has 126 valence electrons. The van der Waals surface area contributed by atoms with Gasteiger partial charge in [-0.3, -0.25) is 4.31 Å². The Hall–Kier alpha value is -1.57. The zero-order valence-electron chi connectivity index (χ0n) is 12.7. The van der Waals surface area contributed by atoms with Crippen molar-refractivity contribution in [3.63, 3.8) is 0 Å². The summed E-state index contributed by atoms with van der Waals surface area (Å²) in [5, 5.41) is 3.73. The van der Waals surface area contributed by atoms with Gasteiger partial charge in [0.25, 0.3) is 10.0 Å². The number of halogens is 1. The van der Waals surface area contributed by atoms with Crippen LogP contribution in [-0.2, 0) is 10.0 Å². The predicted molar refractivity (Wildman–Crippen MR) is 97.1 cm³/mol. The molecule has 2 heterocycles. The molecule has 0 amide bonds. The summed E-state index contributed by atoms with van der Waals surface area (Å²) in [6.45, 7) is 1.40. The highest BCUT2D eigenvalue weighted by Gasteiger charge is 2.31. The smallest absolute Gasteiger partial charge is 0.264 e. The lowest BCUT2D eigenvalue weighted by Crippen LogP contribution is -2.38. The molecule has 0 unspecified atom stereocenters. The summed E-state index contributed by atoms with van der Waals surface area (Å²) in [6.07, 6.45) is 0. The molecular formula is C16H15ClN2O3S2. The van der Waals surface area contributed by atoms with Crippen LogP contribution in [0, 0.1) is 0 Å². The van der Waals surface area contributed by atoms with E-state index in [2.05, 4.69) is 5.32 Å². The Morgan fingerprint density at radius 2 is 2.08 bits per heavy atom. The molecule has 0 bridgehead atoms. The fraction of sp³-hybridized carbons (Fsp3) is 0.250. The van der Waals surface area contributed by atoms with Gasteiger partial charge in [0.05, 0.1) is 17.1 Å². The van der Waals surface area contributed by atoms with Crippen LogP contribution in [0.25, 0.3) is 0 Å². The molecule has 0 aromatic heterocycles. The molecule has 5 nitrogen and oxygen atoms in total. The molecule has 0 atom stereocenters. The van der Waals surface area contributed by atoms with E-state index < -0.39 is 10.0 Å². The molecule has 2 aromatic rings. The second-order valence-electron chi connectivity index (χ2n) is 5.47. The fourth-order valence-electron chi connectivity index (χ4n) is 2.82. The normalized spacial score (nSPS) is 16.6. The van der Waals surface area contributed by atoms with Gasteiger partial charge in [0, 0.05) is 27.9 Å². The third kappa shape index (κ3) is 2.70. The average Bonchev–Trinajstić information content (AvgIpc) is 2.60. The number of nitrogens with zero attached hydrogens (tertiary/aromatic N) is 1. The molecule has 24 heavy (non-hydrogen) atoms. The maximum Gasteiger partial charge on any atom is 0.264 e. The van der Waals surface area contributed by atoms with Crippen LogP contribution >= 0.6 is 23.4 Å². The molecule has 2 aliphatic rings. The first-order chi connectivity index (χ1) is 11.6. The number of hydrogen-bond acceptors (Lipinski definition) is 5. The Bertz CT molecular complexity index is 902. The monoisotopic (exact) mass is 382 g/mol. The number of benzene rings is 2. The minimum Gasteiger partial charge on any atom is -0.489 e. The van der Waals surface area contributed by atoms with Crippen LogP contribution in [0.4, 0.5) is 11.4 Å². The molecule has 1 N–H and O–H groups in total. The van der Waals surface area contributed by atoms with Gasteiger partial charge in [-0.05, 0) is 36.4 Å². The lowest BCUT2D eigenvalue weighted by atomic mass is 10.2. The molecule has 2 aromatic carbocycles. The lowest BCUT2D eigenvalue weighted by Gasteiger charge is -2.31. The highest BCUT2D eigenvalue weighted by molar-refractivity contribution is 7.99. The Morgan fingerprint density at radius 3 is 2.96 bits per heavy atom. The van der Waals surface area contributed by atoms with E-state index in [1.165, 1.54) is 4.31 Å². The number of fused-ring (bicyclic) bond motifs is 2. The number of ether oxygens (including phenoxy) is 1. The number of nitrogens with one attached hydrogen (secondary N) is 1. The van der Waals surface area contributed by atoms with Crippen molar-refractivity contribution in [3.05, 3.63) is 41.4 Å². The van der Waals surface area contributed by atoms with Gasteiger partial charge in [-0.1, -0.05) is 11.6 Å². The Kier molecular flexibility index (Phi) is 4.02. The standard InChI is InChI=1S/C16H15ClN2O3S2/c17-11-1-3-15-14(9-11)19(6-7-22-15)24(20,21)12-2-4-16-13(10-12)18-5-8-23-16/h1-4,9-10,18H,5-8H2. The number of hydrogen-bond donors (Lipinski definition) is 1. The van der Waals surface area contributed by atoms with E-state index in [0.29, 0.717) is 23.1 Å². The molecule has 0 fully saturated rings. The van der Waals surface area contributed by atoms with Gasteiger partial charge in [-0.15, -0.1) is 11.8 Å². The van der Waals surface area contributed by atoms with Crippen molar-refractivity contribution in [1.82, 2.24) is 0 Å². The minimum absolute atomic E-state index is 0.259. The van der Waals surface area contributed by atoms with E-state index in [9.17, 15) is 8.42 Å². The third-order valence-electron chi connectivity index (χ3n) is 3.96. The van der Waals surface area contributed by atoms with Gasteiger partial charge in [0.1, 0.15) is 12.4 Å². The quantitative estimate of drug-likeness (QED) is 0.862. The van der Waals surface area contributed by atoms with Crippen LogP contribution in [-0.4, -0.2) is 33.9 Å². The summed E-state index contributed by atoms with van der Waals surface area (Å²) < 4.78 is 33.2. The number of sulfonamides is 1. The molecule has 2 aliphatic heterocycles. The molecule has 8 heteroatoms. The summed E-state index contributed by atoms with van der Waals surface area (Å²) in [4.78, 5) is 1.34. The van der Waals surface area contributed by atoms with Gasteiger partial charge >= 0.3 is 0 Å². The van der Waals surface area contributed by atoms with Crippen molar-refractivity contribution < 1.29 is 13.2 Å². The van der Waals surface area contributed by atoms with Gasteiger partial charge in [-0.25, -0.2) is 8.42 Å². The zero-order chi connectivity index (χ0) is 16.7. The van der Waals surface area contributed by atoms with Crippen molar-refractivity contribution in [1.29, 1.82) is 0 Å². The Balaban J connectivity index is 1.78. The number of thioether (sulfide) groups is 1. The predicted octanol–water partition coefficient (Wildman–Crippen LogP) is 3.45. The van der Waals surface area contributed by atoms with Crippen LogP contribution in [0.3, 0.4) is 0 Å². The van der Waals surface area contributed by atoms with Crippen molar-refractivity contribution >= 4 is 44.8 Å². The SMILES string of the molecule is O=S(=O)(c1ccc2c(c1)NCCS2)N1CCOc2ccc(Cl)cc21. The second-order valence-corrected chi connectivity index (χ2v) is 8.91. The van der Waals surface area contributed by atoms with Crippen LogP contribution < -0.4 is 14.4 Å². The number of rotatable bonds is 2. The first-order valence-electron chi connectivity index (χ1n) is 7.51. The van der Waals surface area contributed by atoms with Gasteiger partial charge in [-0.2, -0.15) is 0 Å². The van der Waals surface area contributed by atoms with Crippen molar-refractivity contribution in [3.8, 4) is 5.75 Å². The highest BCUT2D eigenvalue weighted by atomic mass is 35.5. The Morgan fingerprint density at radius 1 is 1.21 bits per heavy atom. The molecule has 0 saturated carbocycles. The van der Waals surface area contributed by atoms with Gasteiger partial charge < -0.3 is 10.1 Å². The van der Waals surface area contributed by atoms with Crippen LogP contribution in [0.1, 0.15) is 0 Å². The zero-order valence-corrected chi connectivity index (χ0v) is 15.0. The van der Waals surface area contributed by atoms with E-state index in [-0.39, 0.29) is 11.4 Å². The van der Waals surface area contributed by atoms with Crippen LogP contribution in [0.5, 0.6) is 5.75 Å². The Labute approximate surface area is 150 Å². The van der Waals surface area contributed by atoms with E-state index in [0.717, 1.165) is 22.9 Å². The van der Waals surface area contributed by atoms with E-state index in [4.69, 9.17) is 16.3 Å². The number of anilines is 2. The first kappa shape index (κ1) is 15.9. The maximum atomic E-state index is 13.1. The van der Waals surface area contributed by atoms with Gasteiger partial charge in [0.2, 0.25) is 0 Å². The van der Waals surface area contributed by atoms with Gasteiger partial charge in [0.15, 0.2) is 0 Å². The highest BCUT2D eigenvalue weighted by Crippen LogP contribution is 2.39. The van der Waals surface area contributed by atoms with E-state index >= 15 is 0 Å². The van der Waals surface area contributed by atoms with Crippen molar-refractivity contribution in [2.45, 2.75) is 9.79 Å². The van der Waals surface area contributed by atoms with Crippen LogP contribution in [0.2, 0.25) is 5.02 Å². The second kappa shape index (κ2) is 6.06. The average molecular weight is 383 g/mol. The fourth-order valence-corrected chi connectivity index (χ4v) is 5.34. The molecule has 0 radical (unpaired) electrons. The summed E-state index contributed by atoms with van der Waals surface area (Å²) in [6, 6.07) is 10.2. The summed E-state index contributed by atoms with van der Waals surface area (Å²) >= 11 is 7.77. The van der Waals surface area contributed by atoms with Crippen LogP contribution in [0.15, 0.2) is 46.2 Å². The molecule has 0 aliphatic carbocycles. The molecular weight excluding hydrogens is 368 g/mol. The molecule has 0 spiro atoms. The van der Waals surface area contributed by atoms with E-state index in [1.54, 1.807) is 42.1 Å². The molecule has 4 rings (SSSR count). The molecule has 0 saturated heterocycles. The minimum atomic E-state index is -3.68. The van der Waals surface area contributed by atoms with Crippen molar-refractivity contribution in [2.75, 3.05) is 35.1 Å².